The van der Waals surface area contributed by atoms with Crippen LogP contribution in [0.25, 0.3) is 0 Å². The number of carbonyl (C=O) groups is 2. The minimum absolute atomic E-state index is 0.360. The zero-order chi connectivity index (χ0) is 14.1. The number of hydrogen-bond acceptors (Lipinski definition) is 2. The Balaban J connectivity index is 3.49. The zero-order valence-electron chi connectivity index (χ0n) is 11.3. The van der Waals surface area contributed by atoms with E-state index in [9.17, 15) is 9.59 Å². The molecule has 0 aliphatic rings. The van der Waals surface area contributed by atoms with Crippen molar-refractivity contribution in [3.05, 3.63) is 34.9 Å². The summed E-state index contributed by atoms with van der Waals surface area (Å²) in [7, 11) is 0. The molecule has 0 aliphatic carbocycles. The maximum atomic E-state index is 11.7. The van der Waals surface area contributed by atoms with Crippen molar-refractivity contribution >= 4 is 11.8 Å². The average molecular weight is 248 g/mol. The first-order valence-electron chi connectivity index (χ1n) is 5.84. The molecule has 1 unspecified atom stereocenters. The van der Waals surface area contributed by atoms with Gasteiger partial charge in [-0.05, 0) is 24.0 Å². The topological polar surface area (TPSA) is 86.2 Å². The van der Waals surface area contributed by atoms with Crippen LogP contribution >= 0.6 is 0 Å². The first-order chi connectivity index (χ1) is 8.14. The molecule has 1 aromatic rings. The van der Waals surface area contributed by atoms with Crippen LogP contribution in [-0.4, -0.2) is 11.8 Å². The minimum atomic E-state index is -0.542. The van der Waals surface area contributed by atoms with Crippen molar-refractivity contribution in [1.29, 1.82) is 0 Å². The summed E-state index contributed by atoms with van der Waals surface area (Å²) in [6.07, 6.45) is 0. The van der Waals surface area contributed by atoms with Crippen molar-refractivity contribution in [3.63, 3.8) is 0 Å². The van der Waals surface area contributed by atoms with Gasteiger partial charge >= 0.3 is 0 Å². The number of amides is 2. The van der Waals surface area contributed by atoms with E-state index in [1.807, 2.05) is 27.7 Å². The highest BCUT2D eigenvalue weighted by molar-refractivity contribution is 5.97. The SMILES string of the molecule is Cc1ccc(C(N)=O)c(C(C(N)=O)C(C)(C)C)c1. The van der Waals surface area contributed by atoms with E-state index in [-0.39, 0.29) is 5.41 Å². The van der Waals surface area contributed by atoms with E-state index < -0.39 is 17.7 Å². The largest absolute Gasteiger partial charge is 0.369 e. The zero-order valence-corrected chi connectivity index (χ0v) is 11.3. The minimum Gasteiger partial charge on any atom is -0.369 e. The normalized spacial score (nSPS) is 13.1. The summed E-state index contributed by atoms with van der Waals surface area (Å²) in [6.45, 7) is 7.63. The van der Waals surface area contributed by atoms with E-state index in [2.05, 4.69) is 0 Å². The molecule has 0 aliphatic heterocycles. The van der Waals surface area contributed by atoms with Crippen LogP contribution in [0, 0.1) is 12.3 Å². The highest BCUT2D eigenvalue weighted by Gasteiger charge is 2.33. The lowest BCUT2D eigenvalue weighted by Crippen LogP contribution is -2.33. The van der Waals surface area contributed by atoms with Crippen molar-refractivity contribution in [2.45, 2.75) is 33.6 Å². The van der Waals surface area contributed by atoms with Crippen molar-refractivity contribution in [1.82, 2.24) is 0 Å². The summed E-state index contributed by atoms with van der Waals surface area (Å²) >= 11 is 0. The van der Waals surface area contributed by atoms with Gasteiger partial charge in [0.15, 0.2) is 0 Å². The van der Waals surface area contributed by atoms with Crippen LogP contribution in [0.1, 0.15) is 48.2 Å². The quantitative estimate of drug-likeness (QED) is 0.853. The van der Waals surface area contributed by atoms with Crippen LogP contribution in [0.15, 0.2) is 18.2 Å². The maximum absolute atomic E-state index is 11.7. The van der Waals surface area contributed by atoms with Gasteiger partial charge in [0.25, 0.3) is 0 Å². The van der Waals surface area contributed by atoms with Gasteiger partial charge in [0.1, 0.15) is 0 Å². The van der Waals surface area contributed by atoms with E-state index in [1.165, 1.54) is 0 Å². The van der Waals surface area contributed by atoms with Gasteiger partial charge in [-0.25, -0.2) is 0 Å². The number of rotatable bonds is 3. The van der Waals surface area contributed by atoms with Crippen LogP contribution in [0.4, 0.5) is 0 Å². The van der Waals surface area contributed by atoms with Crippen LogP contribution < -0.4 is 11.5 Å². The van der Waals surface area contributed by atoms with Crippen molar-refractivity contribution < 1.29 is 9.59 Å². The number of carbonyl (C=O) groups excluding carboxylic acids is 2. The van der Waals surface area contributed by atoms with E-state index >= 15 is 0 Å². The third kappa shape index (κ3) is 2.88. The molecular weight excluding hydrogens is 228 g/mol. The van der Waals surface area contributed by atoms with Crippen molar-refractivity contribution in [2.24, 2.45) is 16.9 Å². The molecule has 0 heterocycles. The molecule has 1 aromatic carbocycles. The van der Waals surface area contributed by atoms with Crippen LogP contribution in [-0.2, 0) is 4.79 Å². The second kappa shape index (κ2) is 4.80. The molecule has 0 aromatic heterocycles. The van der Waals surface area contributed by atoms with Crippen LogP contribution in [0.5, 0.6) is 0 Å². The third-order valence-electron chi connectivity index (χ3n) is 2.93. The Morgan fingerprint density at radius 1 is 1.17 bits per heavy atom. The molecule has 0 fully saturated rings. The molecule has 0 bridgehead atoms. The number of hydrogen-bond donors (Lipinski definition) is 2. The molecule has 0 saturated carbocycles. The molecule has 18 heavy (non-hydrogen) atoms. The Labute approximate surface area is 107 Å². The summed E-state index contributed by atoms with van der Waals surface area (Å²) in [4.78, 5) is 23.2. The first kappa shape index (κ1) is 14.2. The maximum Gasteiger partial charge on any atom is 0.249 e. The lowest BCUT2D eigenvalue weighted by molar-refractivity contribution is -0.121. The van der Waals surface area contributed by atoms with Crippen molar-refractivity contribution in [2.75, 3.05) is 0 Å². The second-order valence-electron chi connectivity index (χ2n) is 5.66. The Morgan fingerprint density at radius 3 is 2.11 bits per heavy atom. The van der Waals surface area contributed by atoms with E-state index in [0.717, 1.165) is 5.56 Å². The molecule has 1 rings (SSSR count). The summed E-state index contributed by atoms with van der Waals surface area (Å²) in [5.74, 6) is -1.53. The van der Waals surface area contributed by atoms with Crippen LogP contribution in [0.3, 0.4) is 0 Å². The van der Waals surface area contributed by atoms with Crippen molar-refractivity contribution in [3.8, 4) is 0 Å². The lowest BCUT2D eigenvalue weighted by atomic mass is 9.74. The molecule has 4 heteroatoms. The van der Waals surface area contributed by atoms with Gasteiger partial charge in [-0.2, -0.15) is 0 Å². The Bertz CT molecular complexity index is 487. The Morgan fingerprint density at radius 2 is 1.72 bits per heavy atom. The molecule has 4 N–H and O–H groups in total. The molecule has 2 amide bonds. The standard InChI is InChI=1S/C14H20N2O2/c1-8-5-6-9(12(15)17)10(7-8)11(13(16)18)14(2,3)4/h5-7,11H,1-4H3,(H2,15,17)(H2,16,18). The fraction of sp³-hybridized carbons (Fsp3) is 0.429. The van der Waals surface area contributed by atoms with Gasteiger partial charge in [-0.3, -0.25) is 9.59 Å². The van der Waals surface area contributed by atoms with Gasteiger partial charge in [0, 0.05) is 5.56 Å². The number of benzene rings is 1. The van der Waals surface area contributed by atoms with Gasteiger partial charge < -0.3 is 11.5 Å². The molecular formula is C14H20N2O2. The lowest BCUT2D eigenvalue weighted by Gasteiger charge is -2.29. The predicted molar refractivity (Wildman–Crippen MR) is 71.1 cm³/mol. The highest BCUT2D eigenvalue weighted by atomic mass is 16.1. The fourth-order valence-electron chi connectivity index (χ4n) is 2.19. The smallest absolute Gasteiger partial charge is 0.249 e. The van der Waals surface area contributed by atoms with Crippen LogP contribution in [0.2, 0.25) is 0 Å². The summed E-state index contributed by atoms with van der Waals surface area (Å²) in [5, 5.41) is 0. The predicted octanol–water partition coefficient (Wildman–Crippen LogP) is 1.71. The Kier molecular flexibility index (Phi) is 3.79. The molecule has 4 nitrogen and oxygen atoms in total. The third-order valence-corrected chi connectivity index (χ3v) is 2.93. The van der Waals surface area contributed by atoms with Gasteiger partial charge in [0.05, 0.1) is 5.92 Å². The molecule has 1 atom stereocenters. The Hall–Kier alpha value is -1.84. The monoisotopic (exact) mass is 248 g/mol. The summed E-state index contributed by atoms with van der Waals surface area (Å²) in [6, 6.07) is 5.25. The molecule has 0 spiro atoms. The fourth-order valence-corrected chi connectivity index (χ4v) is 2.19. The summed E-state index contributed by atoms with van der Waals surface area (Å²) < 4.78 is 0. The van der Waals surface area contributed by atoms with E-state index in [4.69, 9.17) is 11.5 Å². The first-order valence-corrected chi connectivity index (χ1v) is 5.84. The molecule has 0 radical (unpaired) electrons. The number of aryl methyl sites for hydroxylation is 1. The molecule has 0 saturated heterocycles. The van der Waals surface area contributed by atoms with E-state index in [0.29, 0.717) is 11.1 Å². The molecule has 98 valence electrons. The average Bonchev–Trinajstić information content (AvgIpc) is 2.13. The van der Waals surface area contributed by atoms with E-state index in [1.54, 1.807) is 18.2 Å². The van der Waals surface area contributed by atoms with Gasteiger partial charge in [-0.1, -0.05) is 38.5 Å². The summed E-state index contributed by atoms with van der Waals surface area (Å²) in [5.41, 5.74) is 12.4. The van der Waals surface area contributed by atoms with Gasteiger partial charge in [0.2, 0.25) is 11.8 Å². The van der Waals surface area contributed by atoms with Gasteiger partial charge in [-0.15, -0.1) is 0 Å². The number of primary amides is 2. The second-order valence-corrected chi connectivity index (χ2v) is 5.66. The highest BCUT2D eigenvalue weighted by Crippen LogP contribution is 2.36. The number of nitrogens with two attached hydrogens (primary N) is 2.